The molecule has 0 aliphatic rings. The van der Waals surface area contributed by atoms with Gasteiger partial charge in [-0.25, -0.2) is 4.98 Å². The fraction of sp³-hybridized carbons (Fsp3) is 0.0909. The third-order valence-corrected chi connectivity index (χ3v) is 4.27. The van der Waals surface area contributed by atoms with Crippen LogP contribution in [0.4, 0.5) is 0 Å². The molecule has 0 saturated carbocycles. The van der Waals surface area contributed by atoms with Crippen LogP contribution in [0.15, 0.2) is 50.8 Å². The third-order valence-electron chi connectivity index (χ3n) is 1.86. The van der Waals surface area contributed by atoms with Gasteiger partial charge in [0.25, 0.3) is 0 Å². The summed E-state index contributed by atoms with van der Waals surface area (Å²) in [4.78, 5) is 8.43. The van der Waals surface area contributed by atoms with Crippen LogP contribution in [0.25, 0.3) is 0 Å². The van der Waals surface area contributed by atoms with E-state index in [9.17, 15) is 0 Å². The molecule has 0 aromatic carbocycles. The molecule has 0 aliphatic carbocycles. The number of aromatic nitrogens is 2. The van der Waals surface area contributed by atoms with Gasteiger partial charge >= 0.3 is 0 Å². The van der Waals surface area contributed by atoms with E-state index in [-0.39, 0.29) is 0 Å². The number of rotatable bonds is 3. The molecular weight excluding hydrogens is 352 g/mol. The Morgan fingerprint density at radius 3 is 2.88 bits per heavy atom. The van der Waals surface area contributed by atoms with Gasteiger partial charge in [0.2, 0.25) is 0 Å². The van der Waals surface area contributed by atoms with Gasteiger partial charge in [0.1, 0.15) is 5.03 Å². The lowest BCUT2D eigenvalue weighted by Gasteiger charge is -2.03. The Labute approximate surface area is 115 Å². The summed E-state index contributed by atoms with van der Waals surface area (Å²) in [5.41, 5.74) is 1.18. The lowest BCUT2D eigenvalue weighted by Crippen LogP contribution is -1.85. The SMILES string of the molecule is Brc1cncc(CSc2ncccc2Br)c1. The number of hydrogen-bond donors (Lipinski definition) is 0. The Hall–Kier alpha value is -0.390. The molecule has 0 N–H and O–H groups in total. The van der Waals surface area contributed by atoms with Crippen molar-refractivity contribution in [2.45, 2.75) is 10.8 Å². The molecule has 0 spiro atoms. The second-order valence-corrected chi connectivity index (χ2v) is 5.82. The van der Waals surface area contributed by atoms with Crippen molar-refractivity contribution in [3.05, 3.63) is 51.3 Å². The van der Waals surface area contributed by atoms with Crippen LogP contribution in [0.1, 0.15) is 5.56 Å². The zero-order valence-electron chi connectivity index (χ0n) is 8.23. The van der Waals surface area contributed by atoms with Crippen molar-refractivity contribution in [1.82, 2.24) is 9.97 Å². The molecule has 0 amide bonds. The number of nitrogens with zero attached hydrogens (tertiary/aromatic N) is 2. The smallest absolute Gasteiger partial charge is 0.110 e. The highest BCUT2D eigenvalue weighted by Crippen LogP contribution is 2.27. The standard InChI is InChI=1S/C11H8Br2N2S/c12-9-4-8(5-14-6-9)7-16-11-10(13)2-1-3-15-11/h1-6H,7H2. The van der Waals surface area contributed by atoms with E-state index < -0.39 is 0 Å². The highest BCUT2D eigenvalue weighted by Gasteiger charge is 2.02. The Kier molecular flexibility index (Phi) is 4.37. The van der Waals surface area contributed by atoms with Crippen LogP contribution in [-0.4, -0.2) is 9.97 Å². The fourth-order valence-corrected chi connectivity index (χ4v) is 2.98. The second-order valence-electron chi connectivity index (χ2n) is 3.09. The summed E-state index contributed by atoms with van der Waals surface area (Å²) in [5, 5.41) is 1.00. The molecule has 0 bridgehead atoms. The van der Waals surface area contributed by atoms with E-state index in [4.69, 9.17) is 0 Å². The molecule has 2 aromatic heterocycles. The van der Waals surface area contributed by atoms with Gasteiger partial charge in [-0.1, -0.05) is 0 Å². The summed E-state index contributed by atoms with van der Waals surface area (Å²) in [6.07, 6.45) is 5.45. The topological polar surface area (TPSA) is 25.8 Å². The summed E-state index contributed by atoms with van der Waals surface area (Å²) in [6.45, 7) is 0. The van der Waals surface area contributed by atoms with Gasteiger partial charge in [0.05, 0.1) is 0 Å². The van der Waals surface area contributed by atoms with E-state index in [2.05, 4.69) is 47.9 Å². The van der Waals surface area contributed by atoms with Crippen molar-refractivity contribution >= 4 is 43.6 Å². The summed E-state index contributed by atoms with van der Waals surface area (Å²) in [5.74, 6) is 0.863. The van der Waals surface area contributed by atoms with Crippen molar-refractivity contribution in [3.63, 3.8) is 0 Å². The van der Waals surface area contributed by atoms with Crippen LogP contribution in [0.2, 0.25) is 0 Å². The van der Waals surface area contributed by atoms with Crippen LogP contribution in [-0.2, 0) is 5.75 Å². The van der Waals surface area contributed by atoms with Crippen LogP contribution in [0, 0.1) is 0 Å². The Bertz CT molecular complexity index is 491. The Morgan fingerprint density at radius 2 is 2.12 bits per heavy atom. The van der Waals surface area contributed by atoms with Gasteiger partial charge in [-0.15, -0.1) is 11.8 Å². The summed E-state index contributed by atoms with van der Waals surface area (Å²) in [6, 6.07) is 5.97. The maximum Gasteiger partial charge on any atom is 0.110 e. The highest BCUT2D eigenvalue weighted by atomic mass is 79.9. The minimum Gasteiger partial charge on any atom is -0.263 e. The average Bonchev–Trinajstić information content (AvgIpc) is 2.28. The van der Waals surface area contributed by atoms with E-state index in [1.165, 1.54) is 5.56 Å². The van der Waals surface area contributed by atoms with Crippen molar-refractivity contribution in [2.75, 3.05) is 0 Å². The number of halogens is 2. The van der Waals surface area contributed by atoms with E-state index in [0.29, 0.717) is 0 Å². The van der Waals surface area contributed by atoms with E-state index in [1.807, 2.05) is 18.3 Å². The zero-order valence-corrected chi connectivity index (χ0v) is 12.2. The fourth-order valence-electron chi connectivity index (χ4n) is 1.16. The Morgan fingerprint density at radius 1 is 1.25 bits per heavy atom. The van der Waals surface area contributed by atoms with Crippen LogP contribution >= 0.6 is 43.6 Å². The quantitative estimate of drug-likeness (QED) is 0.764. The van der Waals surface area contributed by atoms with Gasteiger partial charge < -0.3 is 0 Å². The average molecular weight is 360 g/mol. The highest BCUT2D eigenvalue weighted by molar-refractivity contribution is 9.10. The normalized spacial score (nSPS) is 10.4. The zero-order chi connectivity index (χ0) is 11.4. The maximum absolute atomic E-state index is 4.30. The van der Waals surface area contributed by atoms with Gasteiger partial charge in [0, 0.05) is 33.3 Å². The van der Waals surface area contributed by atoms with Crippen LogP contribution in [0.5, 0.6) is 0 Å². The predicted octanol–water partition coefficient (Wildman–Crippen LogP) is 4.29. The summed E-state index contributed by atoms with van der Waals surface area (Å²) >= 11 is 8.57. The van der Waals surface area contributed by atoms with Crippen molar-refractivity contribution in [1.29, 1.82) is 0 Å². The summed E-state index contributed by atoms with van der Waals surface area (Å²) < 4.78 is 2.04. The van der Waals surface area contributed by atoms with Gasteiger partial charge in [-0.3, -0.25) is 4.98 Å². The van der Waals surface area contributed by atoms with E-state index >= 15 is 0 Å². The second kappa shape index (κ2) is 5.80. The molecule has 2 nitrogen and oxygen atoms in total. The molecule has 2 rings (SSSR count). The third kappa shape index (κ3) is 3.30. The Balaban J connectivity index is 2.05. The van der Waals surface area contributed by atoms with Gasteiger partial charge in [-0.05, 0) is 55.6 Å². The number of hydrogen-bond acceptors (Lipinski definition) is 3. The van der Waals surface area contributed by atoms with E-state index in [0.717, 1.165) is 19.7 Å². The van der Waals surface area contributed by atoms with Gasteiger partial charge in [-0.2, -0.15) is 0 Å². The minimum absolute atomic E-state index is 0.863. The van der Waals surface area contributed by atoms with E-state index in [1.54, 1.807) is 24.2 Å². The molecule has 82 valence electrons. The monoisotopic (exact) mass is 358 g/mol. The first-order chi connectivity index (χ1) is 7.75. The first kappa shape index (κ1) is 12.1. The van der Waals surface area contributed by atoms with Crippen molar-refractivity contribution in [3.8, 4) is 0 Å². The molecule has 5 heteroatoms. The van der Waals surface area contributed by atoms with Crippen LogP contribution in [0.3, 0.4) is 0 Å². The molecule has 0 radical (unpaired) electrons. The largest absolute Gasteiger partial charge is 0.263 e. The van der Waals surface area contributed by atoms with Crippen LogP contribution < -0.4 is 0 Å². The van der Waals surface area contributed by atoms with Crippen molar-refractivity contribution in [2.24, 2.45) is 0 Å². The molecular formula is C11H8Br2N2S. The van der Waals surface area contributed by atoms with Crippen molar-refractivity contribution < 1.29 is 0 Å². The minimum atomic E-state index is 0.863. The molecule has 2 aromatic rings. The maximum atomic E-state index is 4.30. The molecule has 2 heterocycles. The molecule has 0 fully saturated rings. The molecule has 0 saturated heterocycles. The molecule has 0 unspecified atom stereocenters. The number of pyridine rings is 2. The molecule has 0 atom stereocenters. The molecule has 16 heavy (non-hydrogen) atoms. The number of thioether (sulfide) groups is 1. The first-order valence-electron chi connectivity index (χ1n) is 4.58. The van der Waals surface area contributed by atoms with Gasteiger partial charge in [0.15, 0.2) is 0 Å². The summed E-state index contributed by atoms with van der Waals surface area (Å²) in [7, 11) is 0. The predicted molar refractivity (Wildman–Crippen MR) is 73.4 cm³/mol. The lowest BCUT2D eigenvalue weighted by molar-refractivity contribution is 1.10. The lowest BCUT2D eigenvalue weighted by atomic mass is 10.3. The molecule has 0 aliphatic heterocycles. The first-order valence-corrected chi connectivity index (χ1v) is 7.15.